The predicted molar refractivity (Wildman–Crippen MR) is 74.0 cm³/mol. The second-order valence-electron chi connectivity index (χ2n) is 3.94. The lowest BCUT2D eigenvalue weighted by molar-refractivity contribution is -0.384. The van der Waals surface area contributed by atoms with E-state index in [0.717, 1.165) is 6.07 Å². The molecule has 114 valence electrons. The molecule has 2 N–H and O–H groups in total. The number of hydrogen-bond donors (Lipinski definition) is 2. The van der Waals surface area contributed by atoms with Crippen molar-refractivity contribution in [1.82, 2.24) is 10.3 Å². The van der Waals surface area contributed by atoms with Gasteiger partial charge in [-0.1, -0.05) is 0 Å². The number of amides is 1. The maximum Gasteiger partial charge on any atom is 0.356 e. The number of methoxy groups -OCH3 is 1. The third-order valence-electron chi connectivity index (χ3n) is 2.48. The van der Waals surface area contributed by atoms with Crippen LogP contribution in [-0.2, 0) is 9.53 Å². The van der Waals surface area contributed by atoms with Crippen LogP contribution in [0.5, 0.6) is 0 Å². The fourth-order valence-electron chi connectivity index (χ4n) is 1.53. The maximum atomic E-state index is 11.4. The number of carbonyl (C=O) groups excluding carboxylic acids is 2. The molecule has 21 heavy (non-hydrogen) atoms. The van der Waals surface area contributed by atoms with Gasteiger partial charge in [0.2, 0.25) is 11.7 Å². The third kappa shape index (κ3) is 4.71. The lowest BCUT2D eigenvalue weighted by Crippen LogP contribution is -2.25. The van der Waals surface area contributed by atoms with Crippen LogP contribution in [0.15, 0.2) is 12.1 Å². The highest BCUT2D eigenvalue weighted by atomic mass is 16.6. The minimum absolute atomic E-state index is 0.0522. The Labute approximate surface area is 120 Å². The summed E-state index contributed by atoms with van der Waals surface area (Å²) in [6.07, 6.45) is 0.134. The van der Waals surface area contributed by atoms with E-state index >= 15 is 0 Å². The molecular weight excluding hydrogens is 280 g/mol. The fourth-order valence-corrected chi connectivity index (χ4v) is 1.53. The summed E-state index contributed by atoms with van der Waals surface area (Å²) >= 11 is 0. The highest BCUT2D eigenvalue weighted by molar-refractivity contribution is 5.88. The molecule has 0 aliphatic heterocycles. The van der Waals surface area contributed by atoms with E-state index in [1.165, 1.54) is 13.2 Å². The number of aromatic nitrogens is 1. The summed E-state index contributed by atoms with van der Waals surface area (Å²) in [6, 6.07) is 2.37. The normalized spacial score (nSPS) is 9.81. The zero-order valence-corrected chi connectivity index (χ0v) is 11.7. The molecule has 0 spiro atoms. The molecule has 0 aromatic carbocycles. The zero-order chi connectivity index (χ0) is 15.8. The van der Waals surface area contributed by atoms with E-state index in [1.54, 1.807) is 6.92 Å². The van der Waals surface area contributed by atoms with Crippen molar-refractivity contribution < 1.29 is 19.2 Å². The molecule has 0 unspecified atom stereocenters. The molecular formula is C12H16N4O5. The Balaban J connectivity index is 2.84. The van der Waals surface area contributed by atoms with Crippen molar-refractivity contribution in [3.63, 3.8) is 0 Å². The van der Waals surface area contributed by atoms with E-state index in [9.17, 15) is 19.7 Å². The van der Waals surface area contributed by atoms with Crippen LogP contribution in [0.4, 0.5) is 11.5 Å². The Bertz CT molecular complexity index is 546. The summed E-state index contributed by atoms with van der Waals surface area (Å²) in [5.41, 5.74) is -0.331. The van der Waals surface area contributed by atoms with Crippen LogP contribution in [0.1, 0.15) is 23.8 Å². The highest BCUT2D eigenvalue weighted by Crippen LogP contribution is 2.22. The van der Waals surface area contributed by atoms with Gasteiger partial charge in [-0.05, 0) is 13.0 Å². The number of pyridine rings is 1. The third-order valence-corrected chi connectivity index (χ3v) is 2.48. The van der Waals surface area contributed by atoms with Crippen LogP contribution in [0.25, 0.3) is 0 Å². The molecule has 1 amide bonds. The van der Waals surface area contributed by atoms with E-state index in [1.807, 2.05) is 0 Å². The Hall–Kier alpha value is -2.71. The number of carbonyl (C=O) groups is 2. The number of rotatable bonds is 7. The largest absolute Gasteiger partial charge is 0.464 e. The molecule has 0 radical (unpaired) electrons. The summed E-state index contributed by atoms with van der Waals surface area (Å²) < 4.78 is 4.50. The second-order valence-corrected chi connectivity index (χ2v) is 3.94. The second kappa shape index (κ2) is 7.78. The van der Waals surface area contributed by atoms with Crippen molar-refractivity contribution in [2.24, 2.45) is 0 Å². The number of ether oxygens (including phenoxy) is 1. The first kappa shape index (κ1) is 16.3. The van der Waals surface area contributed by atoms with Gasteiger partial charge < -0.3 is 15.4 Å². The SMILES string of the molecule is CCNC(=O)CCNc1nc(C(=O)OC)ccc1[N+](=O)[O-]. The minimum Gasteiger partial charge on any atom is -0.464 e. The summed E-state index contributed by atoms with van der Waals surface area (Å²) in [5, 5.41) is 16.2. The van der Waals surface area contributed by atoms with Crippen molar-refractivity contribution in [1.29, 1.82) is 0 Å². The summed E-state index contributed by atoms with van der Waals surface area (Å²) in [6.45, 7) is 2.46. The number of anilines is 1. The first-order chi connectivity index (χ1) is 9.99. The van der Waals surface area contributed by atoms with E-state index in [0.29, 0.717) is 6.54 Å². The number of nitro groups is 1. The molecule has 1 aromatic rings. The Morgan fingerprint density at radius 2 is 2.14 bits per heavy atom. The van der Waals surface area contributed by atoms with Crippen LogP contribution in [0.2, 0.25) is 0 Å². The van der Waals surface area contributed by atoms with Crippen molar-refractivity contribution in [2.45, 2.75) is 13.3 Å². The van der Waals surface area contributed by atoms with E-state index < -0.39 is 10.9 Å². The molecule has 1 heterocycles. The van der Waals surface area contributed by atoms with Crippen LogP contribution in [0, 0.1) is 10.1 Å². The van der Waals surface area contributed by atoms with Crippen molar-refractivity contribution >= 4 is 23.4 Å². The lowest BCUT2D eigenvalue weighted by Gasteiger charge is -2.07. The Morgan fingerprint density at radius 3 is 2.71 bits per heavy atom. The van der Waals surface area contributed by atoms with Crippen LogP contribution < -0.4 is 10.6 Å². The molecule has 9 nitrogen and oxygen atoms in total. The van der Waals surface area contributed by atoms with E-state index in [-0.39, 0.29) is 36.1 Å². The summed E-state index contributed by atoms with van der Waals surface area (Å²) in [7, 11) is 1.19. The highest BCUT2D eigenvalue weighted by Gasteiger charge is 2.18. The maximum absolute atomic E-state index is 11.4. The van der Waals surface area contributed by atoms with Crippen LogP contribution >= 0.6 is 0 Å². The van der Waals surface area contributed by atoms with E-state index in [2.05, 4.69) is 20.4 Å². The molecule has 0 saturated heterocycles. The first-order valence-electron chi connectivity index (χ1n) is 6.24. The van der Waals surface area contributed by atoms with Gasteiger partial charge in [0.15, 0.2) is 5.69 Å². The van der Waals surface area contributed by atoms with Gasteiger partial charge >= 0.3 is 11.7 Å². The molecule has 1 rings (SSSR count). The standard InChI is InChI=1S/C12H16N4O5/c1-3-13-10(17)6-7-14-11-9(16(19)20)5-4-8(15-11)12(18)21-2/h4-5H,3,6-7H2,1-2H3,(H,13,17)(H,14,15). The average molecular weight is 296 g/mol. The van der Waals surface area contributed by atoms with Gasteiger partial charge in [0.25, 0.3) is 0 Å². The molecule has 0 aliphatic carbocycles. The average Bonchev–Trinajstić information content (AvgIpc) is 2.46. The summed E-state index contributed by atoms with van der Waals surface area (Å²) in [4.78, 5) is 36.8. The zero-order valence-electron chi connectivity index (χ0n) is 11.7. The number of esters is 1. The fraction of sp³-hybridized carbons (Fsp3) is 0.417. The van der Waals surface area contributed by atoms with Gasteiger partial charge in [-0.3, -0.25) is 14.9 Å². The van der Waals surface area contributed by atoms with Crippen LogP contribution in [0.3, 0.4) is 0 Å². The van der Waals surface area contributed by atoms with E-state index in [4.69, 9.17) is 0 Å². The minimum atomic E-state index is -0.698. The van der Waals surface area contributed by atoms with Crippen LogP contribution in [-0.4, -0.2) is 42.0 Å². The smallest absolute Gasteiger partial charge is 0.356 e. The number of nitrogens with one attached hydrogen (secondary N) is 2. The van der Waals surface area contributed by atoms with Crippen molar-refractivity contribution in [3.8, 4) is 0 Å². The number of nitrogens with zero attached hydrogens (tertiary/aromatic N) is 2. The molecule has 9 heteroatoms. The lowest BCUT2D eigenvalue weighted by atomic mass is 10.3. The molecule has 0 saturated carbocycles. The summed E-state index contributed by atoms with van der Waals surface area (Å²) in [5.74, 6) is -0.958. The van der Waals surface area contributed by atoms with Gasteiger partial charge in [0, 0.05) is 25.6 Å². The quantitative estimate of drug-likeness (QED) is 0.431. The van der Waals surface area contributed by atoms with Crippen molar-refractivity contribution in [2.75, 3.05) is 25.5 Å². The van der Waals surface area contributed by atoms with Gasteiger partial charge in [0.1, 0.15) is 0 Å². The monoisotopic (exact) mass is 296 g/mol. The number of hydrogen-bond acceptors (Lipinski definition) is 7. The first-order valence-corrected chi connectivity index (χ1v) is 6.24. The molecule has 0 aliphatic rings. The predicted octanol–water partition coefficient (Wildman–Crippen LogP) is 0.714. The van der Waals surface area contributed by atoms with Gasteiger partial charge in [-0.25, -0.2) is 9.78 Å². The van der Waals surface area contributed by atoms with Gasteiger partial charge in [-0.2, -0.15) is 0 Å². The molecule has 1 aromatic heterocycles. The molecule has 0 atom stereocenters. The van der Waals surface area contributed by atoms with Gasteiger partial charge in [-0.15, -0.1) is 0 Å². The van der Waals surface area contributed by atoms with Crippen molar-refractivity contribution in [3.05, 3.63) is 27.9 Å². The Morgan fingerprint density at radius 1 is 1.43 bits per heavy atom. The van der Waals surface area contributed by atoms with Gasteiger partial charge in [0.05, 0.1) is 12.0 Å². The molecule has 0 fully saturated rings. The molecule has 0 bridgehead atoms. The topological polar surface area (TPSA) is 123 Å². The Kier molecular flexibility index (Phi) is 6.05.